The van der Waals surface area contributed by atoms with Crippen LogP contribution in [0.1, 0.15) is 115 Å². The molecule has 0 aromatic heterocycles. The predicted molar refractivity (Wildman–Crippen MR) is 195 cm³/mol. The summed E-state index contributed by atoms with van der Waals surface area (Å²) in [6.45, 7) is 23.1. The van der Waals surface area contributed by atoms with Crippen LogP contribution in [0.4, 0.5) is 0 Å². The van der Waals surface area contributed by atoms with Gasteiger partial charge in [0.05, 0.1) is 47.4 Å². The van der Waals surface area contributed by atoms with Crippen LogP contribution >= 0.6 is 9.24 Å². The van der Waals surface area contributed by atoms with Crippen LogP contribution in [-0.2, 0) is 33.9 Å². The highest BCUT2D eigenvalue weighted by Crippen LogP contribution is 2.40. The van der Waals surface area contributed by atoms with Gasteiger partial charge in [-0.05, 0) is 101 Å². The van der Waals surface area contributed by atoms with E-state index in [4.69, 9.17) is 9.47 Å². The van der Waals surface area contributed by atoms with Crippen molar-refractivity contribution in [1.82, 2.24) is 15.4 Å². The molecule has 48 heavy (non-hydrogen) atoms. The Kier molecular flexibility index (Phi) is 18.0. The zero-order chi connectivity index (χ0) is 38.0. The minimum atomic E-state index is -3.51. The molecule has 0 aromatic rings. The van der Waals surface area contributed by atoms with Crippen LogP contribution < -0.4 is 15.4 Å². The van der Waals surface area contributed by atoms with Crippen LogP contribution in [0.25, 0.3) is 0 Å². The summed E-state index contributed by atoms with van der Waals surface area (Å²) in [4.78, 5) is 38.7. The summed E-state index contributed by atoms with van der Waals surface area (Å²) < 4.78 is 38.5. The number of carbonyl (C=O) groups is 3. The first-order valence-corrected chi connectivity index (χ1v) is 19.4. The second-order valence-corrected chi connectivity index (χ2v) is 18.6. The van der Waals surface area contributed by atoms with E-state index in [2.05, 4.69) is 45.4 Å². The zero-order valence-corrected chi connectivity index (χ0v) is 33.9. The van der Waals surface area contributed by atoms with Gasteiger partial charge in [0.15, 0.2) is 11.6 Å². The molecular formula is C34H68N3O9PS. The molecule has 0 amide bonds. The minimum Gasteiger partial charge on any atom is -0.480 e. The second kappa shape index (κ2) is 18.4. The molecule has 4 atom stereocenters. The van der Waals surface area contributed by atoms with Gasteiger partial charge in [-0.25, -0.2) is 13.1 Å². The van der Waals surface area contributed by atoms with Gasteiger partial charge in [-0.2, -0.15) is 0 Å². The van der Waals surface area contributed by atoms with Gasteiger partial charge in [-0.15, -0.1) is 9.24 Å². The molecule has 0 aliphatic rings. The monoisotopic (exact) mass is 725 g/mol. The van der Waals surface area contributed by atoms with Crippen molar-refractivity contribution in [3.05, 3.63) is 0 Å². The van der Waals surface area contributed by atoms with Crippen LogP contribution in [0.15, 0.2) is 0 Å². The Balaban J connectivity index is 5.04. The van der Waals surface area contributed by atoms with Crippen LogP contribution in [0.5, 0.6) is 0 Å². The number of aliphatic carboxylic acids is 1. The van der Waals surface area contributed by atoms with Crippen LogP contribution in [0, 0.1) is 10.8 Å². The average molecular weight is 726 g/mol. The number of ketones is 2. The fraction of sp³-hybridized carbons (Fsp3) is 0.912. The van der Waals surface area contributed by atoms with E-state index in [1.54, 1.807) is 48.5 Å². The normalized spacial score (nSPS) is 16.3. The highest BCUT2D eigenvalue weighted by atomic mass is 32.2. The highest BCUT2D eigenvalue weighted by Gasteiger charge is 2.43. The lowest BCUT2D eigenvalue weighted by atomic mass is 9.73. The number of nitrogens with one attached hydrogen (secondary N) is 3. The van der Waals surface area contributed by atoms with Crippen molar-refractivity contribution < 1.29 is 42.5 Å². The van der Waals surface area contributed by atoms with E-state index in [0.717, 1.165) is 6.16 Å². The number of aliphatic hydroxyl groups is 1. The topological polar surface area (TPSA) is 180 Å². The first-order valence-electron chi connectivity index (χ1n) is 16.9. The molecule has 0 rings (SSSR count). The Morgan fingerprint density at radius 2 is 1.44 bits per heavy atom. The van der Waals surface area contributed by atoms with Gasteiger partial charge < -0.3 is 25.0 Å². The third kappa shape index (κ3) is 15.5. The van der Waals surface area contributed by atoms with E-state index in [1.165, 1.54) is 7.05 Å². The first kappa shape index (κ1) is 47.0. The smallest absolute Gasteiger partial charge is 0.320 e. The highest BCUT2D eigenvalue weighted by molar-refractivity contribution is 7.89. The molecule has 0 saturated carbocycles. The molecule has 284 valence electrons. The Hall–Kier alpha value is -1.05. The van der Waals surface area contributed by atoms with E-state index in [-0.39, 0.29) is 42.0 Å². The molecule has 3 unspecified atom stereocenters. The molecule has 0 saturated heterocycles. The van der Waals surface area contributed by atoms with E-state index in [0.29, 0.717) is 32.6 Å². The van der Waals surface area contributed by atoms with Gasteiger partial charge in [-0.1, -0.05) is 20.8 Å². The molecule has 0 radical (unpaired) electrons. The van der Waals surface area contributed by atoms with Crippen molar-refractivity contribution in [3.63, 3.8) is 0 Å². The number of hydrogen-bond donors (Lipinski definition) is 5. The Labute approximate surface area is 293 Å². The summed E-state index contributed by atoms with van der Waals surface area (Å²) in [5.41, 5.74) is -4.42. The number of ether oxygens (including phenoxy) is 2. The van der Waals surface area contributed by atoms with Gasteiger partial charge >= 0.3 is 5.97 Å². The molecule has 0 aromatic carbocycles. The first-order chi connectivity index (χ1) is 21.5. The lowest BCUT2D eigenvalue weighted by molar-refractivity contribution is -0.141. The van der Waals surface area contributed by atoms with Crippen LogP contribution in [0.2, 0.25) is 0 Å². The van der Waals surface area contributed by atoms with E-state index in [1.807, 2.05) is 13.8 Å². The standard InChI is InChI=1S/C34H68N3O9PS/c1-24(38)22-34(12,23-47)33(10,11)46-19-16-30(4,5)45-20-18-36-31(6,7)26(39)15-14-25(27(40)41)37-32(8,9)28(42)29(2,3)17-21-48(43,44)35-13/h24-25,35-38H,14-23,47H2,1-13H3,(H,40,41)/t24-,25?,34?/m1/s1. The molecule has 0 bridgehead atoms. The molecule has 0 spiro atoms. The SMILES string of the molecule is CNS(=O)(=O)CCC(C)(C)C(=O)C(C)(C)NC(CCC(=O)C(C)(C)NCCOC(C)(C)CCOC(C)(C)C(C)(CP)C[C@@H](C)O)C(=O)O. The summed E-state index contributed by atoms with van der Waals surface area (Å²) in [6.07, 6.45) is 1.63. The minimum absolute atomic E-state index is 0.0303. The number of carboxylic acids is 1. The van der Waals surface area contributed by atoms with Crippen molar-refractivity contribution in [3.8, 4) is 0 Å². The van der Waals surface area contributed by atoms with Crippen molar-refractivity contribution in [2.45, 2.75) is 150 Å². The lowest BCUT2D eigenvalue weighted by Gasteiger charge is -2.45. The number of aliphatic hydroxyl groups excluding tert-OH is 1. The van der Waals surface area contributed by atoms with Crippen molar-refractivity contribution in [2.75, 3.05) is 38.7 Å². The zero-order valence-electron chi connectivity index (χ0n) is 32.0. The Bertz CT molecular complexity index is 1170. The predicted octanol–water partition coefficient (Wildman–Crippen LogP) is 3.69. The number of carboxylic acid groups (broad SMARTS) is 1. The van der Waals surface area contributed by atoms with E-state index in [9.17, 15) is 33.0 Å². The van der Waals surface area contributed by atoms with Gasteiger partial charge in [0, 0.05) is 23.8 Å². The molecule has 0 heterocycles. The van der Waals surface area contributed by atoms with Crippen LogP contribution in [-0.4, -0.2) is 109 Å². The number of hydrogen-bond acceptors (Lipinski definition) is 10. The molecular weight excluding hydrogens is 657 g/mol. The quantitative estimate of drug-likeness (QED) is 0.0649. The Morgan fingerprint density at radius 1 is 0.875 bits per heavy atom. The average Bonchev–Trinajstić information content (AvgIpc) is 2.95. The largest absolute Gasteiger partial charge is 0.480 e. The maximum absolute atomic E-state index is 13.4. The van der Waals surface area contributed by atoms with Crippen molar-refractivity contribution >= 4 is 36.8 Å². The molecule has 14 heteroatoms. The fourth-order valence-electron chi connectivity index (χ4n) is 5.61. The maximum Gasteiger partial charge on any atom is 0.320 e. The van der Waals surface area contributed by atoms with Gasteiger partial charge in [-0.3, -0.25) is 19.7 Å². The summed E-state index contributed by atoms with van der Waals surface area (Å²) in [6, 6.07) is -1.17. The summed E-state index contributed by atoms with van der Waals surface area (Å²) in [7, 11) is 0.562. The fourth-order valence-corrected chi connectivity index (χ4v) is 7.25. The van der Waals surface area contributed by atoms with E-state index >= 15 is 0 Å². The molecule has 0 aliphatic carbocycles. The molecule has 0 aliphatic heterocycles. The third-order valence-electron chi connectivity index (χ3n) is 9.66. The molecule has 0 fully saturated rings. The lowest BCUT2D eigenvalue weighted by Crippen LogP contribution is -2.58. The van der Waals surface area contributed by atoms with Crippen molar-refractivity contribution in [2.24, 2.45) is 10.8 Å². The molecule has 12 nitrogen and oxygen atoms in total. The summed E-state index contributed by atoms with van der Waals surface area (Å²) in [5.74, 6) is -1.93. The number of carbonyl (C=O) groups excluding carboxylic acids is 2. The Morgan fingerprint density at radius 3 is 1.92 bits per heavy atom. The van der Waals surface area contributed by atoms with Gasteiger partial charge in [0.2, 0.25) is 10.0 Å². The third-order valence-corrected chi connectivity index (χ3v) is 11.9. The van der Waals surface area contributed by atoms with Gasteiger partial charge in [0.1, 0.15) is 6.04 Å². The maximum atomic E-state index is 13.4. The number of rotatable bonds is 26. The van der Waals surface area contributed by atoms with E-state index < -0.39 is 55.8 Å². The second-order valence-electron chi connectivity index (χ2n) is 16.2. The van der Waals surface area contributed by atoms with Crippen molar-refractivity contribution in [1.29, 1.82) is 0 Å². The summed E-state index contributed by atoms with van der Waals surface area (Å²) >= 11 is 0. The van der Waals surface area contributed by atoms with Gasteiger partial charge in [0.25, 0.3) is 0 Å². The van der Waals surface area contributed by atoms with Crippen LogP contribution in [0.3, 0.4) is 0 Å². The summed E-state index contributed by atoms with van der Waals surface area (Å²) in [5, 5.41) is 26.0. The molecule has 5 N–H and O–H groups in total. The number of sulfonamides is 1. The number of Topliss-reactive ketones (excluding diaryl/α,β-unsaturated/α-hetero) is 2.